The van der Waals surface area contributed by atoms with Gasteiger partial charge in [-0.25, -0.2) is 4.39 Å². The highest BCUT2D eigenvalue weighted by Crippen LogP contribution is 2.22. The zero-order valence-electron chi connectivity index (χ0n) is 11.1. The number of hydrogen-bond acceptors (Lipinski definition) is 4. The average Bonchev–Trinajstić information content (AvgIpc) is 2.67. The summed E-state index contributed by atoms with van der Waals surface area (Å²) in [6, 6.07) is 4.39. The molecule has 5 nitrogen and oxygen atoms in total. The molecule has 1 aromatic heterocycles. The predicted octanol–water partition coefficient (Wildman–Crippen LogP) is 1.89. The molecule has 0 fully saturated rings. The third kappa shape index (κ3) is 2.90. The summed E-state index contributed by atoms with van der Waals surface area (Å²) in [4.78, 5) is 0. The second-order valence-electron chi connectivity index (χ2n) is 4.37. The molecule has 2 rings (SSSR count). The fourth-order valence-electron chi connectivity index (χ4n) is 1.66. The van der Waals surface area contributed by atoms with Crippen molar-refractivity contribution < 1.29 is 14.2 Å². The maximum Gasteiger partial charge on any atom is 0.170 e. The summed E-state index contributed by atoms with van der Waals surface area (Å²) in [7, 11) is 1.84. The molecule has 0 aliphatic heterocycles. The second-order valence-corrected chi connectivity index (χ2v) is 4.37. The zero-order valence-corrected chi connectivity index (χ0v) is 11.1. The minimum atomic E-state index is -0.838. The van der Waals surface area contributed by atoms with Crippen LogP contribution in [-0.4, -0.2) is 19.9 Å². The van der Waals surface area contributed by atoms with Gasteiger partial charge in [-0.1, -0.05) is 0 Å². The normalized spacial score (nSPS) is 12.5. The molecule has 2 aromatic rings. The molecule has 102 valence electrons. The van der Waals surface area contributed by atoms with Crippen LogP contribution in [0.1, 0.15) is 30.2 Å². The summed E-state index contributed by atoms with van der Waals surface area (Å²) in [6.07, 6.45) is -0.838. The molecule has 0 amide bonds. The van der Waals surface area contributed by atoms with Crippen molar-refractivity contribution in [1.82, 2.24) is 14.8 Å². The van der Waals surface area contributed by atoms with Crippen LogP contribution in [0.4, 0.5) is 4.39 Å². The fourth-order valence-corrected chi connectivity index (χ4v) is 1.66. The van der Waals surface area contributed by atoms with Gasteiger partial charge in [-0.05, 0) is 26.0 Å². The van der Waals surface area contributed by atoms with Crippen LogP contribution >= 0.6 is 0 Å². The van der Waals surface area contributed by atoms with Crippen molar-refractivity contribution in [1.29, 1.82) is 0 Å². The second kappa shape index (κ2) is 5.36. The molecule has 0 aliphatic rings. The Morgan fingerprint density at radius 3 is 2.68 bits per heavy atom. The summed E-state index contributed by atoms with van der Waals surface area (Å²) in [5.41, 5.74) is 0.252. The van der Waals surface area contributed by atoms with Crippen molar-refractivity contribution in [2.45, 2.75) is 26.6 Å². The summed E-state index contributed by atoms with van der Waals surface area (Å²) in [6.45, 7) is 3.57. The molecule has 6 heteroatoms. The summed E-state index contributed by atoms with van der Waals surface area (Å²) in [5.74, 6) is 1.36. The number of ether oxygens (including phenoxy) is 1. The lowest BCUT2D eigenvalue weighted by molar-refractivity contribution is 0.193. The summed E-state index contributed by atoms with van der Waals surface area (Å²) in [5, 5.41) is 17.2. The quantitative estimate of drug-likeness (QED) is 0.917. The van der Waals surface area contributed by atoms with Crippen LogP contribution in [0.2, 0.25) is 0 Å². The largest absolute Gasteiger partial charge is 0.486 e. The minimum Gasteiger partial charge on any atom is -0.486 e. The van der Waals surface area contributed by atoms with Gasteiger partial charge in [0.05, 0.1) is 6.10 Å². The highest BCUT2D eigenvalue weighted by atomic mass is 19.1. The molecule has 0 saturated heterocycles. The Bertz CT molecular complexity index is 581. The molecular formula is C13H16FN3O2. The van der Waals surface area contributed by atoms with Gasteiger partial charge in [-0.15, -0.1) is 10.2 Å². The number of rotatable bonds is 4. The number of halogens is 1. The van der Waals surface area contributed by atoms with E-state index in [4.69, 9.17) is 4.74 Å². The van der Waals surface area contributed by atoms with Crippen molar-refractivity contribution >= 4 is 0 Å². The predicted molar refractivity (Wildman–Crippen MR) is 67.1 cm³/mol. The topological polar surface area (TPSA) is 60.2 Å². The Labute approximate surface area is 110 Å². The molecule has 0 saturated carbocycles. The number of benzene rings is 1. The van der Waals surface area contributed by atoms with Gasteiger partial charge in [0, 0.05) is 18.7 Å². The first-order valence-corrected chi connectivity index (χ1v) is 5.94. The highest BCUT2D eigenvalue weighted by Gasteiger charge is 2.10. The van der Waals surface area contributed by atoms with E-state index < -0.39 is 11.9 Å². The molecule has 0 spiro atoms. The van der Waals surface area contributed by atoms with E-state index in [0.717, 1.165) is 5.82 Å². The molecule has 0 bridgehead atoms. The van der Waals surface area contributed by atoms with Gasteiger partial charge in [0.25, 0.3) is 0 Å². The Balaban J connectivity index is 2.08. The lowest BCUT2D eigenvalue weighted by atomic mass is 10.1. The first-order valence-electron chi connectivity index (χ1n) is 5.94. The van der Waals surface area contributed by atoms with E-state index in [9.17, 15) is 9.50 Å². The monoisotopic (exact) mass is 265 g/mol. The van der Waals surface area contributed by atoms with E-state index in [2.05, 4.69) is 10.2 Å². The van der Waals surface area contributed by atoms with Gasteiger partial charge in [0.2, 0.25) is 0 Å². The van der Waals surface area contributed by atoms with Crippen molar-refractivity contribution in [3.05, 3.63) is 41.2 Å². The molecule has 1 heterocycles. The van der Waals surface area contributed by atoms with Crippen molar-refractivity contribution in [3.63, 3.8) is 0 Å². The summed E-state index contributed by atoms with van der Waals surface area (Å²) >= 11 is 0. The molecule has 1 N–H and O–H groups in total. The Hall–Kier alpha value is -1.95. The van der Waals surface area contributed by atoms with Crippen LogP contribution in [0.15, 0.2) is 18.2 Å². The minimum absolute atomic E-state index is 0.213. The third-order valence-electron chi connectivity index (χ3n) is 2.97. The Morgan fingerprint density at radius 1 is 1.42 bits per heavy atom. The molecule has 1 atom stereocenters. The van der Waals surface area contributed by atoms with E-state index in [-0.39, 0.29) is 12.2 Å². The van der Waals surface area contributed by atoms with Crippen LogP contribution in [-0.2, 0) is 13.7 Å². The first kappa shape index (κ1) is 13.5. The number of aliphatic hydroxyl groups is 1. The van der Waals surface area contributed by atoms with E-state index in [1.807, 2.05) is 14.0 Å². The maximum atomic E-state index is 13.6. The molecule has 0 radical (unpaired) electrons. The molecule has 1 unspecified atom stereocenters. The molecule has 0 aliphatic carbocycles. The van der Waals surface area contributed by atoms with Gasteiger partial charge in [-0.3, -0.25) is 0 Å². The van der Waals surface area contributed by atoms with E-state index in [1.165, 1.54) is 19.1 Å². The zero-order chi connectivity index (χ0) is 14.0. The number of hydrogen-bond donors (Lipinski definition) is 1. The van der Waals surface area contributed by atoms with Gasteiger partial charge in [-0.2, -0.15) is 0 Å². The number of aliphatic hydroxyl groups excluding tert-OH is 1. The smallest absolute Gasteiger partial charge is 0.170 e. The van der Waals surface area contributed by atoms with Crippen LogP contribution in [0.25, 0.3) is 0 Å². The van der Waals surface area contributed by atoms with E-state index >= 15 is 0 Å². The first-order chi connectivity index (χ1) is 8.99. The van der Waals surface area contributed by atoms with Crippen LogP contribution in [0.5, 0.6) is 5.75 Å². The number of aromatic nitrogens is 3. The lowest BCUT2D eigenvalue weighted by Crippen LogP contribution is -2.05. The van der Waals surface area contributed by atoms with Gasteiger partial charge >= 0.3 is 0 Å². The van der Waals surface area contributed by atoms with E-state index in [0.29, 0.717) is 11.6 Å². The lowest BCUT2D eigenvalue weighted by Gasteiger charge is -2.09. The van der Waals surface area contributed by atoms with Crippen LogP contribution in [0, 0.1) is 12.7 Å². The third-order valence-corrected chi connectivity index (χ3v) is 2.97. The Kier molecular flexibility index (Phi) is 3.80. The standard InChI is InChI=1S/C13H16FN3O2/c1-8(18)11-5-4-10(6-12(11)14)19-7-13-16-15-9(2)17(13)3/h4-6,8,18H,7H2,1-3H3. The maximum absolute atomic E-state index is 13.6. The van der Waals surface area contributed by atoms with Gasteiger partial charge < -0.3 is 14.4 Å². The number of aryl methyl sites for hydroxylation is 1. The molecular weight excluding hydrogens is 249 g/mol. The van der Waals surface area contributed by atoms with Crippen molar-refractivity contribution in [2.75, 3.05) is 0 Å². The Morgan fingerprint density at radius 2 is 2.16 bits per heavy atom. The average molecular weight is 265 g/mol. The van der Waals surface area contributed by atoms with Crippen LogP contribution < -0.4 is 4.74 Å². The van der Waals surface area contributed by atoms with Gasteiger partial charge in [0.1, 0.15) is 24.0 Å². The fraction of sp³-hybridized carbons (Fsp3) is 0.385. The summed E-state index contributed by atoms with van der Waals surface area (Å²) < 4.78 is 20.9. The van der Waals surface area contributed by atoms with Crippen molar-refractivity contribution in [3.8, 4) is 5.75 Å². The van der Waals surface area contributed by atoms with Gasteiger partial charge in [0.15, 0.2) is 5.82 Å². The van der Waals surface area contributed by atoms with Crippen molar-refractivity contribution in [2.24, 2.45) is 7.05 Å². The van der Waals surface area contributed by atoms with E-state index in [1.54, 1.807) is 10.6 Å². The van der Waals surface area contributed by atoms with Crippen LogP contribution in [0.3, 0.4) is 0 Å². The molecule has 1 aromatic carbocycles. The SMILES string of the molecule is Cc1nnc(COc2ccc(C(C)O)c(F)c2)n1C. The highest BCUT2D eigenvalue weighted by molar-refractivity contribution is 5.30. The molecule has 19 heavy (non-hydrogen) atoms. The number of nitrogens with zero attached hydrogens (tertiary/aromatic N) is 3.